The second-order valence-electron chi connectivity index (χ2n) is 11.4. The van der Waals surface area contributed by atoms with E-state index in [9.17, 15) is 34.4 Å². The molecule has 4 aromatic carbocycles. The number of allylic oxidation sites excluding steroid dienone is 5. The third-order valence-electron chi connectivity index (χ3n) is 7.98. The van der Waals surface area contributed by atoms with Crippen LogP contribution in [0.25, 0.3) is 5.57 Å². The SMILES string of the molecule is CCOS(=O)(=O)c1cccc(CN=C2C=CC(=C(c3ccc(NC(CC)c4cccc(S(=O)(=O)O)c4)cc3)c3ccccc3S(=O)(=O)O)C=C2)c1.O. The first-order valence-corrected chi connectivity index (χ1v) is 20.1. The van der Waals surface area contributed by atoms with Crippen LogP contribution in [0.5, 0.6) is 0 Å². The molecular weight excluding hydrogens is 729 g/mol. The van der Waals surface area contributed by atoms with Crippen molar-refractivity contribution in [2.24, 2.45) is 4.99 Å². The fourth-order valence-electron chi connectivity index (χ4n) is 5.56. The van der Waals surface area contributed by atoms with Crippen LogP contribution in [0.3, 0.4) is 0 Å². The Morgan fingerprint density at radius 1 is 0.750 bits per heavy atom. The van der Waals surface area contributed by atoms with E-state index in [-0.39, 0.29) is 44.9 Å². The molecule has 4 aromatic rings. The molecule has 1 unspecified atom stereocenters. The van der Waals surface area contributed by atoms with Crippen molar-refractivity contribution in [2.45, 2.75) is 47.5 Å². The lowest BCUT2D eigenvalue weighted by atomic mass is 9.90. The number of hydrogen-bond acceptors (Lipinski definition) is 9. The van der Waals surface area contributed by atoms with Crippen molar-refractivity contribution in [3.8, 4) is 0 Å². The van der Waals surface area contributed by atoms with Crippen molar-refractivity contribution in [3.05, 3.63) is 149 Å². The summed E-state index contributed by atoms with van der Waals surface area (Å²) in [5.41, 5.74) is 4.74. The summed E-state index contributed by atoms with van der Waals surface area (Å²) in [5.74, 6) is 0. The molecule has 0 aromatic heterocycles. The van der Waals surface area contributed by atoms with Gasteiger partial charge in [-0.15, -0.1) is 0 Å². The average Bonchev–Trinajstić information content (AvgIpc) is 3.10. The van der Waals surface area contributed by atoms with E-state index in [2.05, 4.69) is 10.3 Å². The van der Waals surface area contributed by atoms with Gasteiger partial charge in [-0.2, -0.15) is 25.3 Å². The van der Waals surface area contributed by atoms with Gasteiger partial charge in [0.05, 0.1) is 34.7 Å². The normalized spacial score (nSPS) is 13.7. The Kier molecular flexibility index (Phi) is 12.9. The Morgan fingerprint density at radius 2 is 1.40 bits per heavy atom. The first-order valence-electron chi connectivity index (χ1n) is 15.8. The molecule has 0 fully saturated rings. The topological polar surface area (TPSA) is 208 Å². The molecule has 0 radical (unpaired) electrons. The van der Waals surface area contributed by atoms with E-state index in [4.69, 9.17) is 4.18 Å². The van der Waals surface area contributed by atoms with Crippen molar-refractivity contribution in [1.29, 1.82) is 0 Å². The highest BCUT2D eigenvalue weighted by molar-refractivity contribution is 7.87. The Hall–Kier alpha value is -4.74. The van der Waals surface area contributed by atoms with Gasteiger partial charge in [0.25, 0.3) is 30.4 Å². The van der Waals surface area contributed by atoms with Gasteiger partial charge in [0.2, 0.25) is 0 Å². The molecular formula is C37H38N2O10S3. The standard InChI is InChI=1S/C37H36N2O9S3.H2O/c1-3-35(29-10-8-11-32(24-29)49(40,41)42)39-31-21-17-28(18-22-31)37(34-13-5-6-14-36(34)50(43,44)45)27-15-19-30(20-16-27)38-25-26-9-7-12-33(23-26)51(46,47)48-4-2;/h5-24,35,39H,3-4,25H2,1-2H3,(H,40,41,42)(H,43,44,45);1H2. The number of aliphatic imine (C=N–C) groups is 1. The van der Waals surface area contributed by atoms with Crippen molar-refractivity contribution in [1.82, 2.24) is 0 Å². The molecule has 0 spiro atoms. The maximum atomic E-state index is 12.5. The minimum atomic E-state index is -4.60. The Labute approximate surface area is 303 Å². The lowest BCUT2D eigenvalue weighted by molar-refractivity contribution is 0.338. The zero-order valence-corrected chi connectivity index (χ0v) is 30.6. The van der Waals surface area contributed by atoms with E-state index in [1.54, 1.807) is 79.8 Å². The summed E-state index contributed by atoms with van der Waals surface area (Å²) >= 11 is 0. The van der Waals surface area contributed by atoms with Crippen LogP contribution in [0.15, 0.2) is 147 Å². The van der Waals surface area contributed by atoms with E-state index in [0.717, 1.165) is 0 Å². The molecule has 1 atom stereocenters. The lowest BCUT2D eigenvalue weighted by Gasteiger charge is -2.20. The van der Waals surface area contributed by atoms with E-state index in [1.165, 1.54) is 36.4 Å². The predicted molar refractivity (Wildman–Crippen MR) is 200 cm³/mol. The molecule has 0 aliphatic heterocycles. The van der Waals surface area contributed by atoms with Crippen LogP contribution < -0.4 is 5.32 Å². The summed E-state index contributed by atoms with van der Waals surface area (Å²) in [6, 6.07) is 25.5. The highest BCUT2D eigenvalue weighted by Crippen LogP contribution is 2.35. The van der Waals surface area contributed by atoms with E-state index in [0.29, 0.717) is 45.7 Å². The van der Waals surface area contributed by atoms with Crippen LogP contribution in [-0.2, 0) is 41.1 Å². The summed E-state index contributed by atoms with van der Waals surface area (Å²) < 4.78 is 97.5. The second kappa shape index (κ2) is 16.7. The Balaban J connectivity index is 0.00000605. The Bertz CT molecular complexity index is 2370. The first kappa shape index (κ1) is 40.0. The van der Waals surface area contributed by atoms with E-state index >= 15 is 0 Å². The van der Waals surface area contributed by atoms with E-state index < -0.39 is 30.4 Å². The van der Waals surface area contributed by atoms with Gasteiger partial charge in [-0.3, -0.25) is 18.3 Å². The smallest absolute Gasteiger partial charge is 0.296 e. The molecule has 0 saturated carbocycles. The van der Waals surface area contributed by atoms with Gasteiger partial charge in [0, 0.05) is 11.3 Å². The molecule has 1 aliphatic carbocycles. The third-order valence-corrected chi connectivity index (χ3v) is 11.1. The molecule has 52 heavy (non-hydrogen) atoms. The quantitative estimate of drug-likeness (QED) is 0.103. The van der Waals surface area contributed by atoms with Crippen molar-refractivity contribution < 1.29 is 44.0 Å². The molecule has 274 valence electrons. The Morgan fingerprint density at radius 3 is 2.04 bits per heavy atom. The zero-order valence-electron chi connectivity index (χ0n) is 28.2. The number of nitrogens with zero attached hydrogens (tertiary/aromatic N) is 1. The highest BCUT2D eigenvalue weighted by Gasteiger charge is 2.22. The second-order valence-corrected chi connectivity index (χ2v) is 15.9. The van der Waals surface area contributed by atoms with Crippen LogP contribution in [0.4, 0.5) is 5.69 Å². The van der Waals surface area contributed by atoms with Gasteiger partial charge in [-0.05, 0) is 95.8 Å². The van der Waals surface area contributed by atoms with Crippen LogP contribution in [0.2, 0.25) is 0 Å². The summed E-state index contributed by atoms with van der Waals surface area (Å²) in [4.78, 5) is 4.18. The lowest BCUT2D eigenvalue weighted by Crippen LogP contribution is -2.11. The van der Waals surface area contributed by atoms with Gasteiger partial charge >= 0.3 is 0 Å². The van der Waals surface area contributed by atoms with Crippen LogP contribution in [0, 0.1) is 0 Å². The molecule has 5 rings (SSSR count). The summed E-state index contributed by atoms with van der Waals surface area (Å²) in [6.07, 6.45) is 7.69. The van der Waals surface area contributed by atoms with Gasteiger partial charge in [-0.25, -0.2) is 0 Å². The zero-order chi connectivity index (χ0) is 36.8. The molecule has 0 heterocycles. The molecule has 5 N–H and O–H groups in total. The molecule has 1 aliphatic rings. The molecule has 0 saturated heterocycles. The predicted octanol–water partition coefficient (Wildman–Crippen LogP) is 6.21. The van der Waals surface area contributed by atoms with Gasteiger partial charge in [0.1, 0.15) is 4.90 Å². The number of benzene rings is 4. The maximum absolute atomic E-state index is 12.5. The largest absolute Gasteiger partial charge is 0.412 e. The van der Waals surface area contributed by atoms with Crippen molar-refractivity contribution >= 4 is 47.3 Å². The van der Waals surface area contributed by atoms with Crippen molar-refractivity contribution in [3.63, 3.8) is 0 Å². The van der Waals surface area contributed by atoms with E-state index in [1.807, 2.05) is 19.1 Å². The van der Waals surface area contributed by atoms with Crippen LogP contribution in [0.1, 0.15) is 48.6 Å². The minimum absolute atomic E-state index is 0. The highest BCUT2D eigenvalue weighted by atomic mass is 32.2. The summed E-state index contributed by atoms with van der Waals surface area (Å²) in [5, 5.41) is 3.38. The molecule has 12 nitrogen and oxygen atoms in total. The summed E-state index contributed by atoms with van der Waals surface area (Å²) in [6.45, 7) is 3.75. The monoisotopic (exact) mass is 766 g/mol. The third kappa shape index (κ3) is 9.77. The number of rotatable bonds is 13. The first-order chi connectivity index (χ1) is 24.2. The van der Waals surface area contributed by atoms with Crippen LogP contribution in [-0.4, -0.2) is 52.2 Å². The van der Waals surface area contributed by atoms with Crippen LogP contribution >= 0.6 is 0 Å². The summed E-state index contributed by atoms with van der Waals surface area (Å²) in [7, 11) is -12.8. The maximum Gasteiger partial charge on any atom is 0.296 e. The van der Waals surface area contributed by atoms with Gasteiger partial charge in [-0.1, -0.05) is 73.7 Å². The fourth-order valence-corrected chi connectivity index (χ4v) is 7.78. The van der Waals surface area contributed by atoms with Crippen molar-refractivity contribution in [2.75, 3.05) is 11.9 Å². The number of hydrogen-bond donors (Lipinski definition) is 3. The van der Waals surface area contributed by atoms with Gasteiger partial charge in [0.15, 0.2) is 0 Å². The average molecular weight is 767 g/mol. The molecule has 0 bridgehead atoms. The fraction of sp³-hybridized carbons (Fsp3) is 0.162. The van der Waals surface area contributed by atoms with Gasteiger partial charge < -0.3 is 10.8 Å². The molecule has 0 amide bonds. The number of nitrogens with one attached hydrogen (secondary N) is 1. The minimum Gasteiger partial charge on any atom is -0.412 e. The molecule has 15 heteroatoms. The number of anilines is 1.